The van der Waals surface area contributed by atoms with Crippen molar-refractivity contribution in [1.29, 1.82) is 0 Å². The number of hydrogen-bond acceptors (Lipinski definition) is 3. The van der Waals surface area contributed by atoms with Crippen LogP contribution in [0.25, 0.3) is 17.1 Å². The van der Waals surface area contributed by atoms with Crippen LogP contribution in [0.5, 0.6) is 0 Å². The Bertz CT molecular complexity index is 1190. The number of nitrogens with zero attached hydrogens (tertiary/aromatic N) is 5. The van der Waals surface area contributed by atoms with E-state index >= 15 is 0 Å². The van der Waals surface area contributed by atoms with E-state index in [0.717, 1.165) is 36.7 Å². The SMILES string of the molecule is Cn1cccc1-c1cc(C(=O)N2CCN(Cc3ccccc3)CC2)n(-c2ccccc2)n1. The molecule has 6 nitrogen and oxygen atoms in total. The molecule has 6 heteroatoms. The molecule has 1 fully saturated rings. The van der Waals surface area contributed by atoms with Crippen LogP contribution in [0.2, 0.25) is 0 Å². The van der Waals surface area contributed by atoms with Crippen molar-refractivity contribution in [3.63, 3.8) is 0 Å². The summed E-state index contributed by atoms with van der Waals surface area (Å²) in [6.45, 7) is 4.08. The summed E-state index contributed by atoms with van der Waals surface area (Å²) in [5.41, 5.74) is 4.58. The summed E-state index contributed by atoms with van der Waals surface area (Å²) in [5.74, 6) is 0.0289. The lowest BCUT2D eigenvalue weighted by Gasteiger charge is -2.34. The fourth-order valence-electron chi connectivity index (χ4n) is 4.26. The third-order valence-corrected chi connectivity index (χ3v) is 6.04. The second-order valence-corrected chi connectivity index (χ2v) is 8.22. The maximum Gasteiger partial charge on any atom is 0.272 e. The molecular formula is C26H27N5O. The maximum absolute atomic E-state index is 13.6. The highest BCUT2D eigenvalue weighted by molar-refractivity contribution is 5.94. The number of para-hydroxylation sites is 1. The van der Waals surface area contributed by atoms with E-state index in [4.69, 9.17) is 5.10 Å². The number of carbonyl (C=O) groups is 1. The summed E-state index contributed by atoms with van der Waals surface area (Å²) in [4.78, 5) is 17.9. The Morgan fingerprint density at radius 2 is 1.56 bits per heavy atom. The highest BCUT2D eigenvalue weighted by Crippen LogP contribution is 2.23. The Morgan fingerprint density at radius 1 is 0.875 bits per heavy atom. The van der Waals surface area contributed by atoms with Crippen molar-refractivity contribution in [3.05, 3.63) is 96.3 Å². The highest BCUT2D eigenvalue weighted by Gasteiger charge is 2.26. The number of amides is 1. The number of hydrogen-bond donors (Lipinski definition) is 0. The molecule has 162 valence electrons. The van der Waals surface area contributed by atoms with Crippen LogP contribution in [-0.2, 0) is 13.6 Å². The first-order valence-corrected chi connectivity index (χ1v) is 11.0. The molecule has 1 aliphatic rings. The number of aryl methyl sites for hydroxylation is 1. The van der Waals surface area contributed by atoms with Gasteiger partial charge in [0.15, 0.2) is 0 Å². The lowest BCUT2D eigenvalue weighted by atomic mass is 10.2. The monoisotopic (exact) mass is 425 g/mol. The van der Waals surface area contributed by atoms with Crippen LogP contribution >= 0.6 is 0 Å². The van der Waals surface area contributed by atoms with Crippen molar-refractivity contribution in [2.75, 3.05) is 26.2 Å². The van der Waals surface area contributed by atoms with Gasteiger partial charge in [0.05, 0.1) is 11.4 Å². The van der Waals surface area contributed by atoms with Gasteiger partial charge in [0.2, 0.25) is 0 Å². The molecule has 32 heavy (non-hydrogen) atoms. The van der Waals surface area contributed by atoms with Gasteiger partial charge in [-0.3, -0.25) is 9.69 Å². The number of aromatic nitrogens is 3. The van der Waals surface area contributed by atoms with Crippen molar-refractivity contribution in [3.8, 4) is 17.1 Å². The van der Waals surface area contributed by atoms with Gasteiger partial charge in [0, 0.05) is 46.0 Å². The standard InChI is InChI=1S/C26H27N5O/c1-28-14-8-13-24(28)23-19-25(31(27-23)22-11-6-3-7-12-22)26(32)30-17-15-29(16-18-30)20-21-9-4-2-5-10-21/h2-14,19H,15-18,20H2,1H3. The summed E-state index contributed by atoms with van der Waals surface area (Å²) in [6.07, 6.45) is 1.99. The summed E-state index contributed by atoms with van der Waals surface area (Å²) < 4.78 is 3.80. The zero-order valence-corrected chi connectivity index (χ0v) is 18.3. The van der Waals surface area contributed by atoms with Crippen LogP contribution in [0.4, 0.5) is 0 Å². The summed E-state index contributed by atoms with van der Waals surface area (Å²) in [6, 6.07) is 26.3. The molecule has 0 spiro atoms. The molecule has 3 heterocycles. The second kappa shape index (κ2) is 8.85. The van der Waals surface area contributed by atoms with Crippen LogP contribution in [0.15, 0.2) is 85.1 Å². The van der Waals surface area contributed by atoms with Crippen molar-refractivity contribution >= 4 is 5.91 Å². The maximum atomic E-state index is 13.6. The molecule has 1 saturated heterocycles. The predicted molar refractivity (Wildman–Crippen MR) is 126 cm³/mol. The number of benzene rings is 2. The molecule has 1 aliphatic heterocycles. The quantitative estimate of drug-likeness (QED) is 0.488. The van der Waals surface area contributed by atoms with E-state index in [-0.39, 0.29) is 5.91 Å². The predicted octanol–water partition coefficient (Wildman–Crippen LogP) is 3.84. The minimum atomic E-state index is 0.0289. The first-order valence-electron chi connectivity index (χ1n) is 11.0. The van der Waals surface area contributed by atoms with Crippen molar-refractivity contribution in [2.45, 2.75) is 6.54 Å². The topological polar surface area (TPSA) is 46.3 Å². The average molecular weight is 426 g/mol. The fraction of sp³-hybridized carbons (Fsp3) is 0.231. The van der Waals surface area contributed by atoms with Gasteiger partial charge in [-0.1, -0.05) is 48.5 Å². The molecule has 0 N–H and O–H groups in total. The molecule has 0 unspecified atom stereocenters. The van der Waals surface area contributed by atoms with E-state index in [2.05, 4.69) is 29.2 Å². The smallest absolute Gasteiger partial charge is 0.272 e. The minimum absolute atomic E-state index is 0.0289. The summed E-state index contributed by atoms with van der Waals surface area (Å²) in [7, 11) is 1.99. The fourth-order valence-corrected chi connectivity index (χ4v) is 4.26. The van der Waals surface area contributed by atoms with Gasteiger partial charge in [0.1, 0.15) is 11.4 Å². The van der Waals surface area contributed by atoms with E-state index in [1.54, 1.807) is 4.68 Å². The first kappa shape index (κ1) is 20.3. The molecule has 0 radical (unpaired) electrons. The van der Waals surface area contributed by atoms with Crippen LogP contribution in [0.3, 0.4) is 0 Å². The molecule has 2 aromatic carbocycles. The van der Waals surface area contributed by atoms with E-state index in [0.29, 0.717) is 18.8 Å². The molecule has 4 aromatic rings. The number of rotatable bonds is 5. The van der Waals surface area contributed by atoms with E-state index < -0.39 is 0 Å². The van der Waals surface area contributed by atoms with Crippen molar-refractivity contribution < 1.29 is 4.79 Å². The highest BCUT2D eigenvalue weighted by atomic mass is 16.2. The largest absolute Gasteiger partial charge is 0.349 e. The average Bonchev–Trinajstić information content (AvgIpc) is 3.47. The van der Waals surface area contributed by atoms with E-state index in [1.807, 2.05) is 77.3 Å². The second-order valence-electron chi connectivity index (χ2n) is 8.22. The molecular weight excluding hydrogens is 398 g/mol. The van der Waals surface area contributed by atoms with Gasteiger partial charge in [-0.15, -0.1) is 0 Å². The molecule has 2 aromatic heterocycles. The Morgan fingerprint density at radius 3 is 2.22 bits per heavy atom. The zero-order valence-electron chi connectivity index (χ0n) is 18.3. The molecule has 5 rings (SSSR count). The van der Waals surface area contributed by atoms with Crippen LogP contribution in [-0.4, -0.2) is 56.2 Å². The van der Waals surface area contributed by atoms with Gasteiger partial charge in [-0.05, 0) is 35.9 Å². The van der Waals surface area contributed by atoms with Crippen LogP contribution in [0.1, 0.15) is 16.1 Å². The van der Waals surface area contributed by atoms with Gasteiger partial charge in [0.25, 0.3) is 5.91 Å². The van der Waals surface area contributed by atoms with Gasteiger partial charge in [-0.2, -0.15) is 5.10 Å². The van der Waals surface area contributed by atoms with Gasteiger partial charge in [-0.25, -0.2) is 4.68 Å². The van der Waals surface area contributed by atoms with E-state index in [1.165, 1.54) is 5.56 Å². The van der Waals surface area contributed by atoms with Crippen LogP contribution in [0, 0.1) is 0 Å². The van der Waals surface area contributed by atoms with E-state index in [9.17, 15) is 4.79 Å². The lowest BCUT2D eigenvalue weighted by Crippen LogP contribution is -2.48. The number of carbonyl (C=O) groups excluding carboxylic acids is 1. The Labute approximate surface area is 188 Å². The minimum Gasteiger partial charge on any atom is -0.349 e. The Balaban J connectivity index is 1.37. The Kier molecular flexibility index (Phi) is 5.60. The van der Waals surface area contributed by atoms with Crippen molar-refractivity contribution in [1.82, 2.24) is 24.1 Å². The van der Waals surface area contributed by atoms with Crippen molar-refractivity contribution in [2.24, 2.45) is 7.05 Å². The third-order valence-electron chi connectivity index (χ3n) is 6.04. The van der Waals surface area contributed by atoms with Gasteiger partial charge >= 0.3 is 0 Å². The Hall–Kier alpha value is -3.64. The number of piperazine rings is 1. The molecule has 0 bridgehead atoms. The molecule has 1 amide bonds. The zero-order chi connectivity index (χ0) is 21.9. The van der Waals surface area contributed by atoms with Crippen LogP contribution < -0.4 is 0 Å². The molecule has 0 atom stereocenters. The summed E-state index contributed by atoms with van der Waals surface area (Å²) in [5, 5.41) is 4.81. The van der Waals surface area contributed by atoms with Gasteiger partial charge < -0.3 is 9.47 Å². The normalized spacial score (nSPS) is 14.6. The summed E-state index contributed by atoms with van der Waals surface area (Å²) >= 11 is 0. The first-order chi connectivity index (χ1) is 15.7. The third kappa shape index (κ3) is 4.09. The molecule has 0 aliphatic carbocycles. The lowest BCUT2D eigenvalue weighted by molar-refractivity contribution is 0.0619. The molecule has 0 saturated carbocycles.